The molecule has 136 valence electrons. The highest BCUT2D eigenvalue weighted by atomic mass is 16.1. The Morgan fingerprint density at radius 2 is 1.71 bits per heavy atom. The van der Waals surface area contributed by atoms with Gasteiger partial charge in [0.25, 0.3) is 5.56 Å². The third-order valence-electron chi connectivity index (χ3n) is 4.52. The van der Waals surface area contributed by atoms with Crippen molar-refractivity contribution < 1.29 is 4.79 Å². The number of benzene rings is 2. The molecule has 1 N–H and O–H groups in total. The SMILES string of the molecule is Cc1ccc(-c2c(C(=O)/C=C/c3cncnc3)c(=O)[nH]c3ccccc23)cc1. The fourth-order valence-electron chi connectivity index (χ4n) is 3.15. The fraction of sp³-hybridized carbons (Fsp3) is 0.0435. The van der Waals surface area contributed by atoms with Crippen molar-refractivity contribution in [1.29, 1.82) is 0 Å². The highest BCUT2D eigenvalue weighted by Gasteiger charge is 2.19. The van der Waals surface area contributed by atoms with Gasteiger partial charge in [0, 0.05) is 34.4 Å². The zero-order valence-electron chi connectivity index (χ0n) is 15.2. The lowest BCUT2D eigenvalue weighted by molar-refractivity contribution is 0.104. The summed E-state index contributed by atoms with van der Waals surface area (Å²) in [5.41, 5.74) is 3.66. The van der Waals surface area contributed by atoms with Crippen molar-refractivity contribution in [2.75, 3.05) is 0 Å². The number of H-pyrrole nitrogens is 1. The lowest BCUT2D eigenvalue weighted by Gasteiger charge is -2.11. The van der Waals surface area contributed by atoms with Crippen LogP contribution in [0.2, 0.25) is 0 Å². The maximum Gasteiger partial charge on any atom is 0.260 e. The van der Waals surface area contributed by atoms with Crippen LogP contribution < -0.4 is 5.56 Å². The first kappa shape index (κ1) is 17.5. The van der Waals surface area contributed by atoms with Crippen LogP contribution >= 0.6 is 0 Å². The van der Waals surface area contributed by atoms with Gasteiger partial charge in [-0.25, -0.2) is 9.97 Å². The molecule has 0 spiro atoms. The van der Waals surface area contributed by atoms with Crippen LogP contribution in [0.3, 0.4) is 0 Å². The number of allylic oxidation sites excluding steroid dienone is 1. The molecule has 0 bridgehead atoms. The van der Waals surface area contributed by atoms with E-state index >= 15 is 0 Å². The molecule has 0 saturated heterocycles. The van der Waals surface area contributed by atoms with Crippen molar-refractivity contribution in [3.8, 4) is 11.1 Å². The molecule has 0 radical (unpaired) electrons. The summed E-state index contributed by atoms with van der Waals surface area (Å²) in [7, 11) is 0. The zero-order valence-corrected chi connectivity index (χ0v) is 15.2. The van der Waals surface area contributed by atoms with E-state index in [0.29, 0.717) is 16.6 Å². The van der Waals surface area contributed by atoms with Gasteiger partial charge < -0.3 is 4.98 Å². The number of aromatic nitrogens is 3. The Hall–Kier alpha value is -3.86. The lowest BCUT2D eigenvalue weighted by Crippen LogP contribution is -2.18. The van der Waals surface area contributed by atoms with Crippen LogP contribution in [0.4, 0.5) is 0 Å². The van der Waals surface area contributed by atoms with Gasteiger partial charge in [-0.2, -0.15) is 0 Å². The van der Waals surface area contributed by atoms with Crippen molar-refractivity contribution >= 4 is 22.8 Å². The molecular formula is C23H17N3O2. The average molecular weight is 367 g/mol. The molecule has 0 saturated carbocycles. The van der Waals surface area contributed by atoms with E-state index in [2.05, 4.69) is 15.0 Å². The van der Waals surface area contributed by atoms with Crippen LogP contribution in [0, 0.1) is 6.92 Å². The van der Waals surface area contributed by atoms with Gasteiger partial charge in [-0.3, -0.25) is 9.59 Å². The Balaban J connectivity index is 1.92. The van der Waals surface area contributed by atoms with E-state index in [1.54, 1.807) is 18.5 Å². The lowest BCUT2D eigenvalue weighted by atomic mass is 9.93. The van der Waals surface area contributed by atoms with E-state index in [0.717, 1.165) is 16.5 Å². The average Bonchev–Trinajstić information content (AvgIpc) is 2.72. The number of carbonyl (C=O) groups is 1. The molecule has 5 heteroatoms. The highest BCUT2D eigenvalue weighted by Crippen LogP contribution is 2.30. The van der Waals surface area contributed by atoms with Gasteiger partial charge in [0.05, 0.1) is 5.56 Å². The Kier molecular flexibility index (Phi) is 4.64. The van der Waals surface area contributed by atoms with Gasteiger partial charge in [0.15, 0.2) is 5.78 Å². The van der Waals surface area contributed by atoms with Crippen molar-refractivity contribution in [2.24, 2.45) is 0 Å². The smallest absolute Gasteiger partial charge is 0.260 e. The fourth-order valence-corrected chi connectivity index (χ4v) is 3.15. The Bertz CT molecular complexity index is 1240. The first-order valence-corrected chi connectivity index (χ1v) is 8.83. The number of nitrogens with zero attached hydrogens (tertiary/aromatic N) is 2. The molecule has 5 nitrogen and oxygen atoms in total. The molecule has 0 aliphatic rings. The number of hydrogen-bond acceptors (Lipinski definition) is 4. The number of carbonyl (C=O) groups excluding carboxylic acids is 1. The molecule has 0 aliphatic heterocycles. The first-order chi connectivity index (χ1) is 13.6. The van der Waals surface area contributed by atoms with Crippen molar-refractivity contribution in [1.82, 2.24) is 15.0 Å². The van der Waals surface area contributed by atoms with Crippen molar-refractivity contribution in [3.63, 3.8) is 0 Å². The van der Waals surface area contributed by atoms with Crippen LogP contribution in [0.25, 0.3) is 28.1 Å². The minimum atomic E-state index is -0.409. The summed E-state index contributed by atoms with van der Waals surface area (Å²) in [6.07, 6.45) is 7.61. The van der Waals surface area contributed by atoms with Gasteiger partial charge >= 0.3 is 0 Å². The molecule has 2 aromatic carbocycles. The number of fused-ring (bicyclic) bond motifs is 1. The summed E-state index contributed by atoms with van der Waals surface area (Å²) >= 11 is 0. The summed E-state index contributed by atoms with van der Waals surface area (Å²) in [4.78, 5) is 36.5. The van der Waals surface area contributed by atoms with E-state index < -0.39 is 5.56 Å². The summed E-state index contributed by atoms with van der Waals surface area (Å²) in [5.74, 6) is -0.369. The molecule has 2 aromatic heterocycles. The third-order valence-corrected chi connectivity index (χ3v) is 4.52. The molecular weight excluding hydrogens is 350 g/mol. The Morgan fingerprint density at radius 3 is 2.46 bits per heavy atom. The standard InChI is InChI=1S/C23H17N3O2/c1-15-6-9-17(10-7-15)21-18-4-2-3-5-19(18)26-23(28)22(21)20(27)11-8-16-12-24-14-25-13-16/h2-14H,1H3,(H,26,28)/b11-8+. The van der Waals surface area contributed by atoms with Crippen molar-refractivity contribution in [2.45, 2.75) is 6.92 Å². The quantitative estimate of drug-likeness (QED) is 0.433. The van der Waals surface area contributed by atoms with Crippen molar-refractivity contribution in [3.05, 3.63) is 100 Å². The van der Waals surface area contributed by atoms with Gasteiger partial charge in [-0.15, -0.1) is 0 Å². The monoisotopic (exact) mass is 367 g/mol. The number of nitrogens with one attached hydrogen (secondary N) is 1. The van der Waals surface area contributed by atoms with Crippen LogP contribution in [0.1, 0.15) is 21.5 Å². The minimum absolute atomic E-state index is 0.121. The Labute approximate surface area is 161 Å². The topological polar surface area (TPSA) is 75.7 Å². The van der Waals surface area contributed by atoms with E-state index in [-0.39, 0.29) is 11.3 Å². The maximum absolute atomic E-state index is 13.0. The van der Waals surface area contributed by atoms with E-state index in [4.69, 9.17) is 0 Å². The predicted molar refractivity (Wildman–Crippen MR) is 110 cm³/mol. The van der Waals surface area contributed by atoms with Crippen LogP contribution in [0.5, 0.6) is 0 Å². The second-order valence-electron chi connectivity index (χ2n) is 6.49. The summed E-state index contributed by atoms with van der Waals surface area (Å²) in [6, 6.07) is 15.3. The third kappa shape index (κ3) is 3.38. The van der Waals surface area contributed by atoms with Crippen LogP contribution in [0.15, 0.2) is 78.1 Å². The number of aromatic amines is 1. The number of pyridine rings is 1. The molecule has 0 unspecified atom stereocenters. The van der Waals surface area contributed by atoms with Gasteiger partial charge in [0.2, 0.25) is 0 Å². The van der Waals surface area contributed by atoms with Gasteiger partial charge in [-0.05, 0) is 30.7 Å². The summed E-state index contributed by atoms with van der Waals surface area (Å²) in [6.45, 7) is 2.00. The van der Waals surface area contributed by atoms with E-state index in [9.17, 15) is 9.59 Å². The van der Waals surface area contributed by atoms with Gasteiger partial charge in [-0.1, -0.05) is 48.0 Å². The molecule has 28 heavy (non-hydrogen) atoms. The highest BCUT2D eigenvalue weighted by molar-refractivity contribution is 6.15. The normalized spacial score (nSPS) is 11.2. The Morgan fingerprint density at radius 1 is 1.00 bits per heavy atom. The number of rotatable bonds is 4. The second kappa shape index (κ2) is 7.40. The molecule has 0 amide bonds. The molecule has 0 aliphatic carbocycles. The number of ketones is 1. The zero-order chi connectivity index (χ0) is 19.5. The van der Waals surface area contributed by atoms with E-state index in [1.807, 2.05) is 55.5 Å². The molecule has 4 rings (SSSR count). The molecule has 4 aromatic rings. The number of aryl methyl sites for hydroxylation is 1. The molecule has 0 atom stereocenters. The van der Waals surface area contributed by atoms with E-state index in [1.165, 1.54) is 12.4 Å². The van der Waals surface area contributed by atoms with Crippen LogP contribution in [-0.2, 0) is 0 Å². The largest absolute Gasteiger partial charge is 0.321 e. The number of hydrogen-bond donors (Lipinski definition) is 1. The second-order valence-corrected chi connectivity index (χ2v) is 6.49. The molecule has 2 heterocycles. The van der Waals surface area contributed by atoms with Crippen LogP contribution in [-0.4, -0.2) is 20.7 Å². The maximum atomic E-state index is 13.0. The summed E-state index contributed by atoms with van der Waals surface area (Å²) in [5, 5.41) is 0.825. The minimum Gasteiger partial charge on any atom is -0.321 e. The first-order valence-electron chi connectivity index (χ1n) is 8.83. The number of para-hydroxylation sites is 1. The van der Waals surface area contributed by atoms with Gasteiger partial charge in [0.1, 0.15) is 6.33 Å². The molecule has 0 fully saturated rings. The predicted octanol–water partition coefficient (Wildman–Crippen LogP) is 4.19. The summed E-state index contributed by atoms with van der Waals surface area (Å²) < 4.78 is 0.